The van der Waals surface area contributed by atoms with E-state index in [2.05, 4.69) is 18.7 Å². The molecule has 0 heterocycles. The van der Waals surface area contributed by atoms with Gasteiger partial charge in [0.25, 0.3) is 0 Å². The van der Waals surface area contributed by atoms with Crippen LogP contribution in [0.4, 0.5) is 15.8 Å². The van der Waals surface area contributed by atoms with E-state index >= 15 is 0 Å². The zero-order valence-electron chi connectivity index (χ0n) is 10.7. The van der Waals surface area contributed by atoms with Gasteiger partial charge < -0.3 is 15.4 Å². The number of benzene rings is 1. The summed E-state index contributed by atoms with van der Waals surface area (Å²) in [5.74, 6) is -0.367. The first-order chi connectivity index (χ1) is 8.11. The Hall–Kier alpha value is -1.29. The van der Waals surface area contributed by atoms with Gasteiger partial charge in [-0.25, -0.2) is 4.39 Å². The molecule has 1 aromatic rings. The van der Waals surface area contributed by atoms with Crippen molar-refractivity contribution in [1.29, 1.82) is 0 Å². The largest absolute Gasteiger partial charge is 0.395 e. The Morgan fingerprint density at radius 2 is 2.18 bits per heavy atom. The van der Waals surface area contributed by atoms with Gasteiger partial charge in [-0.15, -0.1) is 0 Å². The van der Waals surface area contributed by atoms with Crippen molar-refractivity contribution in [3.63, 3.8) is 0 Å². The molecule has 1 unspecified atom stereocenters. The molecule has 1 aromatic carbocycles. The van der Waals surface area contributed by atoms with Gasteiger partial charge in [0.1, 0.15) is 5.82 Å². The molecular weight excluding hydrogens is 219 g/mol. The molecule has 0 amide bonds. The number of nitrogen functional groups attached to an aromatic ring is 1. The maximum absolute atomic E-state index is 13.4. The van der Waals surface area contributed by atoms with Crippen LogP contribution in [0, 0.1) is 5.82 Å². The van der Waals surface area contributed by atoms with Gasteiger partial charge >= 0.3 is 0 Å². The molecule has 2 N–H and O–H groups in total. The first-order valence-electron chi connectivity index (χ1n) is 5.91. The van der Waals surface area contributed by atoms with Crippen molar-refractivity contribution in [2.24, 2.45) is 0 Å². The van der Waals surface area contributed by atoms with E-state index in [0.717, 1.165) is 12.1 Å². The summed E-state index contributed by atoms with van der Waals surface area (Å²) >= 11 is 0. The van der Waals surface area contributed by atoms with Gasteiger partial charge in [0.05, 0.1) is 18.0 Å². The van der Waals surface area contributed by atoms with Crippen LogP contribution < -0.4 is 10.6 Å². The summed E-state index contributed by atoms with van der Waals surface area (Å²) in [6, 6.07) is 5.21. The molecule has 0 aromatic heterocycles. The predicted octanol–water partition coefficient (Wildman–Crippen LogP) is 2.66. The Labute approximate surface area is 102 Å². The number of hydrogen-bond acceptors (Lipinski definition) is 3. The lowest BCUT2D eigenvalue weighted by Crippen LogP contribution is -2.36. The summed E-state index contributed by atoms with van der Waals surface area (Å²) in [6.07, 6.45) is 0.972. The van der Waals surface area contributed by atoms with Gasteiger partial charge in [-0.3, -0.25) is 0 Å². The first-order valence-corrected chi connectivity index (χ1v) is 5.91. The maximum atomic E-state index is 13.4. The molecule has 1 atom stereocenters. The molecule has 96 valence electrons. The molecule has 0 radical (unpaired) electrons. The predicted molar refractivity (Wildman–Crippen MR) is 69.8 cm³/mol. The van der Waals surface area contributed by atoms with Crippen LogP contribution in [-0.4, -0.2) is 26.3 Å². The average molecular weight is 240 g/mol. The topological polar surface area (TPSA) is 38.5 Å². The van der Waals surface area contributed by atoms with E-state index in [4.69, 9.17) is 10.5 Å². The molecule has 17 heavy (non-hydrogen) atoms. The van der Waals surface area contributed by atoms with E-state index in [1.807, 2.05) is 6.07 Å². The molecule has 4 heteroatoms. The molecule has 0 saturated carbocycles. The van der Waals surface area contributed by atoms with E-state index < -0.39 is 0 Å². The van der Waals surface area contributed by atoms with Gasteiger partial charge in [0.15, 0.2) is 0 Å². The smallest absolute Gasteiger partial charge is 0.148 e. The molecule has 0 bridgehead atoms. The lowest BCUT2D eigenvalue weighted by molar-refractivity contribution is 0.203. The lowest BCUT2D eigenvalue weighted by Gasteiger charge is -2.31. The Balaban J connectivity index is 2.99. The van der Waals surface area contributed by atoms with Crippen molar-refractivity contribution in [3.05, 3.63) is 24.0 Å². The van der Waals surface area contributed by atoms with E-state index in [1.165, 1.54) is 6.07 Å². The highest BCUT2D eigenvalue weighted by molar-refractivity contribution is 5.68. The van der Waals surface area contributed by atoms with E-state index in [-0.39, 0.29) is 11.5 Å². The number of nitrogens with two attached hydrogens (primary N) is 1. The van der Waals surface area contributed by atoms with Gasteiger partial charge in [0, 0.05) is 19.7 Å². The standard InChI is InChI=1S/C13H21FN2O/c1-4-10(2)16(8-9-17-3)12-7-5-6-11(14)13(12)15/h5-7,10H,4,8-9,15H2,1-3H3. The quantitative estimate of drug-likeness (QED) is 0.777. The molecule has 1 rings (SSSR count). The second-order valence-electron chi connectivity index (χ2n) is 4.12. The summed E-state index contributed by atoms with van der Waals surface area (Å²) in [5, 5.41) is 0. The Morgan fingerprint density at radius 1 is 1.47 bits per heavy atom. The third-order valence-corrected chi connectivity index (χ3v) is 3.00. The zero-order chi connectivity index (χ0) is 12.8. The van der Waals surface area contributed by atoms with Gasteiger partial charge in [-0.1, -0.05) is 13.0 Å². The van der Waals surface area contributed by atoms with E-state index in [1.54, 1.807) is 13.2 Å². The highest BCUT2D eigenvalue weighted by atomic mass is 19.1. The van der Waals surface area contributed by atoms with Crippen molar-refractivity contribution >= 4 is 11.4 Å². The van der Waals surface area contributed by atoms with Crippen molar-refractivity contribution in [2.75, 3.05) is 30.9 Å². The van der Waals surface area contributed by atoms with Crippen molar-refractivity contribution < 1.29 is 9.13 Å². The number of nitrogens with zero attached hydrogens (tertiary/aromatic N) is 1. The summed E-state index contributed by atoms with van der Waals surface area (Å²) in [6.45, 7) is 5.50. The van der Waals surface area contributed by atoms with Crippen LogP contribution in [0.25, 0.3) is 0 Å². The second kappa shape index (κ2) is 6.45. The fraction of sp³-hybridized carbons (Fsp3) is 0.538. The molecular formula is C13H21FN2O. The van der Waals surface area contributed by atoms with Crippen LogP contribution in [0.5, 0.6) is 0 Å². The van der Waals surface area contributed by atoms with Gasteiger partial charge in [0.2, 0.25) is 0 Å². The summed E-state index contributed by atoms with van der Waals surface area (Å²) in [4.78, 5) is 2.09. The zero-order valence-corrected chi connectivity index (χ0v) is 10.7. The Bertz CT molecular complexity index is 357. The summed E-state index contributed by atoms with van der Waals surface area (Å²) in [5.41, 5.74) is 6.75. The van der Waals surface area contributed by atoms with Crippen LogP contribution >= 0.6 is 0 Å². The van der Waals surface area contributed by atoms with Gasteiger partial charge in [-0.2, -0.15) is 0 Å². The number of methoxy groups -OCH3 is 1. The van der Waals surface area contributed by atoms with E-state index in [0.29, 0.717) is 19.2 Å². The van der Waals surface area contributed by atoms with E-state index in [9.17, 15) is 4.39 Å². The number of halogens is 1. The van der Waals surface area contributed by atoms with Crippen LogP contribution in [0.1, 0.15) is 20.3 Å². The number of anilines is 2. The minimum absolute atomic E-state index is 0.212. The molecule has 3 nitrogen and oxygen atoms in total. The maximum Gasteiger partial charge on any atom is 0.148 e. The fourth-order valence-electron chi connectivity index (χ4n) is 1.76. The van der Waals surface area contributed by atoms with Crippen LogP contribution in [0.15, 0.2) is 18.2 Å². The lowest BCUT2D eigenvalue weighted by atomic mass is 10.1. The normalized spacial score (nSPS) is 12.5. The van der Waals surface area contributed by atoms with Gasteiger partial charge in [-0.05, 0) is 25.5 Å². The van der Waals surface area contributed by atoms with Crippen LogP contribution in [-0.2, 0) is 4.74 Å². The average Bonchev–Trinajstić information content (AvgIpc) is 2.34. The van der Waals surface area contributed by atoms with Crippen molar-refractivity contribution in [2.45, 2.75) is 26.3 Å². The molecule has 0 fully saturated rings. The van der Waals surface area contributed by atoms with Crippen molar-refractivity contribution in [3.8, 4) is 0 Å². The van der Waals surface area contributed by atoms with Crippen LogP contribution in [0.3, 0.4) is 0 Å². The number of rotatable bonds is 6. The SMILES string of the molecule is CCC(C)N(CCOC)c1cccc(F)c1N. The molecule has 0 aliphatic carbocycles. The summed E-state index contributed by atoms with van der Waals surface area (Å²) in [7, 11) is 1.66. The second-order valence-corrected chi connectivity index (χ2v) is 4.12. The number of hydrogen-bond donors (Lipinski definition) is 1. The molecule has 0 aliphatic heterocycles. The highest BCUT2D eigenvalue weighted by Crippen LogP contribution is 2.27. The van der Waals surface area contributed by atoms with Crippen molar-refractivity contribution in [1.82, 2.24) is 0 Å². The number of para-hydroxylation sites is 1. The number of ether oxygens (including phenoxy) is 1. The summed E-state index contributed by atoms with van der Waals surface area (Å²) < 4.78 is 18.5. The molecule has 0 saturated heterocycles. The third-order valence-electron chi connectivity index (χ3n) is 3.00. The van der Waals surface area contributed by atoms with Crippen LogP contribution in [0.2, 0.25) is 0 Å². The highest BCUT2D eigenvalue weighted by Gasteiger charge is 2.16. The molecule has 0 spiro atoms. The third kappa shape index (κ3) is 3.33. The minimum Gasteiger partial charge on any atom is -0.395 e. The Kier molecular flexibility index (Phi) is 5.22. The minimum atomic E-state index is -0.367. The fourth-order valence-corrected chi connectivity index (χ4v) is 1.76. The first kappa shape index (κ1) is 13.8. The Morgan fingerprint density at radius 3 is 2.76 bits per heavy atom. The monoisotopic (exact) mass is 240 g/mol. The molecule has 0 aliphatic rings.